The molecule has 2 aromatic rings. The molecular weight excluding hydrogens is 336 g/mol. The van der Waals surface area contributed by atoms with Gasteiger partial charge >= 0.3 is 5.97 Å². The smallest absolute Gasteiger partial charge is 0.334 e. The van der Waals surface area contributed by atoms with Crippen molar-refractivity contribution < 1.29 is 14.6 Å². The van der Waals surface area contributed by atoms with E-state index in [1.807, 2.05) is 24.3 Å². The highest BCUT2D eigenvalue weighted by atomic mass is 35.5. The number of hydrogen-bond acceptors (Lipinski definition) is 3. The number of rotatable bonds is 8. The van der Waals surface area contributed by atoms with Crippen LogP contribution in [0, 0.1) is 5.92 Å². The summed E-state index contributed by atoms with van der Waals surface area (Å²) in [5, 5.41) is 10.7. The Bertz CT molecular complexity index is 682. The number of carbonyl (C=O) groups is 1. The SMILES string of the molecule is CCOC(=O)[C@H](O)C[C@H](CC)Cc1ccc(-c2cccc(Cl)c2)cc1. The highest BCUT2D eigenvalue weighted by Crippen LogP contribution is 2.25. The fourth-order valence-electron chi connectivity index (χ4n) is 2.88. The van der Waals surface area contributed by atoms with Crippen LogP contribution in [0.15, 0.2) is 48.5 Å². The fourth-order valence-corrected chi connectivity index (χ4v) is 3.07. The Hall–Kier alpha value is -1.84. The molecule has 0 radical (unpaired) electrons. The van der Waals surface area contributed by atoms with Crippen molar-refractivity contribution in [1.29, 1.82) is 0 Å². The van der Waals surface area contributed by atoms with Crippen molar-refractivity contribution in [2.24, 2.45) is 5.92 Å². The van der Waals surface area contributed by atoms with Gasteiger partial charge in [-0.05, 0) is 54.5 Å². The Kier molecular flexibility index (Phi) is 7.48. The minimum absolute atomic E-state index is 0.233. The monoisotopic (exact) mass is 360 g/mol. The third kappa shape index (κ3) is 5.87. The van der Waals surface area contributed by atoms with Crippen molar-refractivity contribution in [2.45, 2.75) is 39.2 Å². The molecule has 0 saturated carbocycles. The van der Waals surface area contributed by atoms with Gasteiger partial charge in [0.2, 0.25) is 0 Å². The second-order valence-electron chi connectivity index (χ2n) is 6.19. The van der Waals surface area contributed by atoms with Crippen molar-refractivity contribution in [3.05, 3.63) is 59.1 Å². The third-order valence-electron chi connectivity index (χ3n) is 4.33. The molecule has 0 unspecified atom stereocenters. The lowest BCUT2D eigenvalue weighted by molar-refractivity contribution is -0.153. The number of hydrogen-bond donors (Lipinski definition) is 1. The predicted molar refractivity (Wildman–Crippen MR) is 102 cm³/mol. The first-order chi connectivity index (χ1) is 12.0. The lowest BCUT2D eigenvalue weighted by Crippen LogP contribution is -2.26. The molecule has 2 rings (SSSR count). The molecule has 0 aliphatic carbocycles. The summed E-state index contributed by atoms with van der Waals surface area (Å²) in [6.45, 7) is 4.10. The van der Waals surface area contributed by atoms with E-state index in [9.17, 15) is 9.90 Å². The lowest BCUT2D eigenvalue weighted by atomic mass is 9.91. The number of aliphatic hydroxyl groups excluding tert-OH is 1. The van der Waals surface area contributed by atoms with Crippen molar-refractivity contribution in [3.63, 3.8) is 0 Å². The van der Waals surface area contributed by atoms with Crippen molar-refractivity contribution in [3.8, 4) is 11.1 Å². The Labute approximate surface area is 154 Å². The van der Waals surface area contributed by atoms with Gasteiger partial charge in [-0.1, -0.05) is 61.3 Å². The van der Waals surface area contributed by atoms with Gasteiger partial charge in [0.05, 0.1) is 6.61 Å². The topological polar surface area (TPSA) is 46.5 Å². The van der Waals surface area contributed by atoms with Gasteiger partial charge in [-0.25, -0.2) is 4.79 Å². The van der Waals surface area contributed by atoms with Crippen LogP contribution in [-0.4, -0.2) is 23.8 Å². The average molecular weight is 361 g/mol. The molecule has 0 aliphatic heterocycles. The quantitative estimate of drug-likeness (QED) is 0.682. The standard InChI is InChI=1S/C21H25ClO3/c1-3-15(13-20(23)21(24)25-4-2)12-16-8-10-17(11-9-16)18-6-5-7-19(22)14-18/h5-11,14-15,20,23H,3-4,12-13H2,1-2H3/t15-,20-/m1/s1. The minimum atomic E-state index is -1.05. The summed E-state index contributed by atoms with van der Waals surface area (Å²) in [5.41, 5.74) is 3.39. The molecule has 2 atom stereocenters. The van der Waals surface area contributed by atoms with E-state index in [-0.39, 0.29) is 12.5 Å². The number of halogens is 1. The zero-order valence-electron chi connectivity index (χ0n) is 14.7. The molecule has 0 saturated heterocycles. The lowest BCUT2D eigenvalue weighted by Gasteiger charge is -2.18. The van der Waals surface area contributed by atoms with Crippen molar-refractivity contribution in [2.75, 3.05) is 6.61 Å². The van der Waals surface area contributed by atoms with Gasteiger partial charge in [-0.3, -0.25) is 0 Å². The van der Waals surface area contributed by atoms with Crippen LogP contribution in [0.25, 0.3) is 11.1 Å². The maximum atomic E-state index is 11.6. The van der Waals surface area contributed by atoms with E-state index in [1.165, 1.54) is 5.56 Å². The normalized spacial score (nSPS) is 13.3. The summed E-state index contributed by atoms with van der Waals surface area (Å²) in [6.07, 6.45) is 1.09. The molecule has 1 N–H and O–H groups in total. The van der Waals surface area contributed by atoms with Gasteiger partial charge in [-0.2, -0.15) is 0 Å². The molecule has 0 bridgehead atoms. The zero-order chi connectivity index (χ0) is 18.2. The second kappa shape index (κ2) is 9.59. The molecule has 134 valence electrons. The average Bonchev–Trinajstić information content (AvgIpc) is 2.61. The molecule has 25 heavy (non-hydrogen) atoms. The van der Waals surface area contributed by atoms with Gasteiger partial charge in [0.15, 0.2) is 6.10 Å². The summed E-state index contributed by atoms with van der Waals surface area (Å²) < 4.78 is 4.87. The Balaban J connectivity index is 2.00. The van der Waals surface area contributed by atoms with E-state index in [2.05, 4.69) is 31.2 Å². The van der Waals surface area contributed by atoms with Gasteiger partial charge in [0.1, 0.15) is 0 Å². The fraction of sp³-hybridized carbons (Fsp3) is 0.381. The van der Waals surface area contributed by atoms with Crippen LogP contribution in [0.4, 0.5) is 0 Å². The van der Waals surface area contributed by atoms with Crippen molar-refractivity contribution in [1.82, 2.24) is 0 Å². The van der Waals surface area contributed by atoms with E-state index in [0.29, 0.717) is 6.42 Å². The number of ether oxygens (including phenoxy) is 1. The van der Waals surface area contributed by atoms with Crippen LogP contribution in [0.1, 0.15) is 32.3 Å². The van der Waals surface area contributed by atoms with E-state index in [0.717, 1.165) is 29.0 Å². The molecule has 0 aliphatic rings. The molecule has 0 aromatic heterocycles. The van der Waals surface area contributed by atoms with Gasteiger partial charge < -0.3 is 9.84 Å². The number of benzene rings is 2. The van der Waals surface area contributed by atoms with E-state index < -0.39 is 12.1 Å². The zero-order valence-corrected chi connectivity index (χ0v) is 15.5. The van der Waals surface area contributed by atoms with Gasteiger partial charge in [0, 0.05) is 5.02 Å². The molecule has 0 heterocycles. The van der Waals surface area contributed by atoms with Gasteiger partial charge in [0.25, 0.3) is 0 Å². The first-order valence-corrected chi connectivity index (χ1v) is 9.10. The Morgan fingerprint density at radius 3 is 2.44 bits per heavy atom. The Morgan fingerprint density at radius 1 is 1.12 bits per heavy atom. The number of aliphatic hydroxyl groups is 1. The maximum Gasteiger partial charge on any atom is 0.334 e. The second-order valence-corrected chi connectivity index (χ2v) is 6.63. The third-order valence-corrected chi connectivity index (χ3v) is 4.56. The van der Waals surface area contributed by atoms with Crippen LogP contribution in [-0.2, 0) is 16.0 Å². The highest BCUT2D eigenvalue weighted by Gasteiger charge is 2.21. The highest BCUT2D eigenvalue weighted by molar-refractivity contribution is 6.30. The molecule has 0 fully saturated rings. The van der Waals surface area contributed by atoms with Crippen LogP contribution in [0.5, 0.6) is 0 Å². The Morgan fingerprint density at radius 2 is 1.84 bits per heavy atom. The van der Waals surface area contributed by atoms with Crippen LogP contribution in [0.3, 0.4) is 0 Å². The number of carbonyl (C=O) groups excluding carboxylic acids is 1. The predicted octanol–water partition coefficient (Wildman–Crippen LogP) is 4.89. The van der Waals surface area contributed by atoms with Gasteiger partial charge in [-0.15, -0.1) is 0 Å². The summed E-state index contributed by atoms with van der Waals surface area (Å²) in [5.74, 6) is -0.298. The molecule has 4 heteroatoms. The van der Waals surface area contributed by atoms with Crippen LogP contribution in [0.2, 0.25) is 5.02 Å². The van der Waals surface area contributed by atoms with Crippen LogP contribution < -0.4 is 0 Å². The number of esters is 1. The largest absolute Gasteiger partial charge is 0.464 e. The first-order valence-electron chi connectivity index (χ1n) is 8.73. The molecule has 0 amide bonds. The summed E-state index contributed by atoms with van der Waals surface area (Å²) in [6, 6.07) is 16.1. The minimum Gasteiger partial charge on any atom is -0.464 e. The first kappa shape index (κ1) is 19.5. The summed E-state index contributed by atoms with van der Waals surface area (Å²) in [7, 11) is 0. The van der Waals surface area contributed by atoms with Crippen molar-refractivity contribution >= 4 is 17.6 Å². The van der Waals surface area contributed by atoms with E-state index in [1.54, 1.807) is 6.92 Å². The molecule has 0 spiro atoms. The van der Waals surface area contributed by atoms with E-state index >= 15 is 0 Å². The van der Waals surface area contributed by atoms with E-state index in [4.69, 9.17) is 16.3 Å². The molecular formula is C21H25ClO3. The van der Waals surface area contributed by atoms with Crippen LogP contribution >= 0.6 is 11.6 Å². The maximum absolute atomic E-state index is 11.6. The summed E-state index contributed by atoms with van der Waals surface area (Å²) in [4.78, 5) is 11.6. The molecule has 3 nitrogen and oxygen atoms in total. The summed E-state index contributed by atoms with van der Waals surface area (Å²) >= 11 is 6.05. The molecule has 2 aromatic carbocycles.